The zero-order chi connectivity index (χ0) is 11.5. The molecule has 16 heavy (non-hydrogen) atoms. The summed E-state index contributed by atoms with van der Waals surface area (Å²) in [6.07, 6.45) is 3.17. The molecule has 0 saturated carbocycles. The van der Waals surface area contributed by atoms with E-state index >= 15 is 0 Å². The molecule has 0 bridgehead atoms. The Morgan fingerprint density at radius 3 is 2.88 bits per heavy atom. The van der Waals surface area contributed by atoms with Crippen LogP contribution >= 0.6 is 0 Å². The highest BCUT2D eigenvalue weighted by Gasteiger charge is 2.37. The normalized spacial score (nSPS) is 21.4. The first kappa shape index (κ1) is 9.94. The molecule has 0 spiro atoms. The summed E-state index contributed by atoms with van der Waals surface area (Å²) in [7, 11) is 0. The van der Waals surface area contributed by atoms with Gasteiger partial charge in [-0.3, -0.25) is 4.79 Å². The third kappa shape index (κ3) is 1.17. The van der Waals surface area contributed by atoms with Gasteiger partial charge in [0.05, 0.1) is 5.56 Å². The molecule has 3 nitrogen and oxygen atoms in total. The lowest BCUT2D eigenvalue weighted by Crippen LogP contribution is -2.23. The van der Waals surface area contributed by atoms with Gasteiger partial charge in [0.25, 0.3) is 5.91 Å². The van der Waals surface area contributed by atoms with E-state index in [2.05, 4.69) is 24.6 Å². The molecule has 0 N–H and O–H groups in total. The minimum Gasteiger partial charge on any atom is -0.350 e. The molecule has 0 atom stereocenters. The number of carbonyl (C=O) groups is 1. The molecule has 2 aliphatic rings. The largest absolute Gasteiger partial charge is 0.350 e. The standard InChI is InChI=1S/C13H18N2O/c1-4-14-6-9-10(12(14)16)7-15-8-13(2,3)5-11(9)15/h7H,4-6,8H2,1-3H3. The van der Waals surface area contributed by atoms with Crippen molar-refractivity contribution in [2.24, 2.45) is 5.41 Å². The lowest BCUT2D eigenvalue weighted by Gasteiger charge is -2.14. The molecule has 3 heterocycles. The van der Waals surface area contributed by atoms with Gasteiger partial charge in [0.1, 0.15) is 0 Å². The first-order chi connectivity index (χ1) is 7.52. The van der Waals surface area contributed by atoms with Gasteiger partial charge >= 0.3 is 0 Å². The summed E-state index contributed by atoms with van der Waals surface area (Å²) in [5.41, 5.74) is 3.99. The molecular weight excluding hydrogens is 200 g/mol. The van der Waals surface area contributed by atoms with Crippen molar-refractivity contribution >= 4 is 5.91 Å². The van der Waals surface area contributed by atoms with E-state index in [9.17, 15) is 4.79 Å². The van der Waals surface area contributed by atoms with Crippen LogP contribution in [0.1, 0.15) is 42.4 Å². The summed E-state index contributed by atoms with van der Waals surface area (Å²) in [6.45, 7) is 9.32. The van der Waals surface area contributed by atoms with Gasteiger partial charge in [0, 0.05) is 37.1 Å². The summed E-state index contributed by atoms with van der Waals surface area (Å²) in [4.78, 5) is 13.9. The lowest BCUT2D eigenvalue weighted by atomic mass is 9.90. The first-order valence-corrected chi connectivity index (χ1v) is 6.02. The van der Waals surface area contributed by atoms with E-state index in [0.717, 1.165) is 31.6 Å². The van der Waals surface area contributed by atoms with Crippen molar-refractivity contribution in [3.8, 4) is 0 Å². The quantitative estimate of drug-likeness (QED) is 0.708. The fraction of sp³-hybridized carbons (Fsp3) is 0.615. The van der Waals surface area contributed by atoms with Gasteiger partial charge in [-0.05, 0) is 18.8 Å². The van der Waals surface area contributed by atoms with Crippen LogP contribution in [0.15, 0.2) is 6.20 Å². The molecule has 0 radical (unpaired) electrons. The molecule has 0 aliphatic carbocycles. The number of fused-ring (bicyclic) bond motifs is 3. The number of nitrogens with zero attached hydrogens (tertiary/aromatic N) is 2. The van der Waals surface area contributed by atoms with Crippen molar-refractivity contribution in [1.82, 2.24) is 9.47 Å². The Labute approximate surface area is 96.0 Å². The summed E-state index contributed by atoms with van der Waals surface area (Å²) in [5, 5.41) is 0. The maximum absolute atomic E-state index is 12.0. The van der Waals surface area contributed by atoms with Crippen molar-refractivity contribution in [3.63, 3.8) is 0 Å². The predicted octanol–water partition coefficient (Wildman–Crippen LogP) is 2.05. The van der Waals surface area contributed by atoms with E-state index < -0.39 is 0 Å². The number of amides is 1. The first-order valence-electron chi connectivity index (χ1n) is 6.02. The average molecular weight is 218 g/mol. The number of hydrogen-bond donors (Lipinski definition) is 0. The second-order valence-electron chi connectivity index (χ2n) is 5.76. The Balaban J connectivity index is 2.03. The zero-order valence-electron chi connectivity index (χ0n) is 10.2. The molecule has 0 aromatic carbocycles. The third-order valence-corrected chi connectivity index (χ3v) is 3.80. The fourth-order valence-corrected chi connectivity index (χ4v) is 3.01. The molecule has 3 heteroatoms. The second kappa shape index (κ2) is 2.90. The van der Waals surface area contributed by atoms with Crippen LogP contribution in [0.5, 0.6) is 0 Å². The van der Waals surface area contributed by atoms with Crippen LogP contribution in [-0.4, -0.2) is 21.9 Å². The molecular formula is C13H18N2O. The highest BCUT2D eigenvalue weighted by Crippen LogP contribution is 2.38. The Morgan fingerprint density at radius 2 is 2.19 bits per heavy atom. The van der Waals surface area contributed by atoms with Gasteiger partial charge in [0.2, 0.25) is 0 Å². The second-order valence-corrected chi connectivity index (χ2v) is 5.76. The fourth-order valence-electron chi connectivity index (χ4n) is 3.01. The van der Waals surface area contributed by atoms with Gasteiger partial charge in [-0.2, -0.15) is 0 Å². The predicted molar refractivity (Wildman–Crippen MR) is 62.3 cm³/mol. The zero-order valence-corrected chi connectivity index (χ0v) is 10.2. The topological polar surface area (TPSA) is 25.2 Å². The molecule has 86 valence electrons. The third-order valence-electron chi connectivity index (χ3n) is 3.80. The van der Waals surface area contributed by atoms with Gasteiger partial charge in [-0.1, -0.05) is 13.8 Å². The molecule has 3 rings (SSSR count). The molecule has 0 fully saturated rings. The van der Waals surface area contributed by atoms with E-state index in [1.165, 1.54) is 11.3 Å². The van der Waals surface area contributed by atoms with Gasteiger partial charge in [-0.25, -0.2) is 0 Å². The Hall–Kier alpha value is -1.25. The Kier molecular flexibility index (Phi) is 1.80. The van der Waals surface area contributed by atoms with Crippen LogP contribution in [0.25, 0.3) is 0 Å². The van der Waals surface area contributed by atoms with E-state index in [1.807, 2.05) is 11.8 Å². The van der Waals surface area contributed by atoms with Crippen LogP contribution in [0.4, 0.5) is 0 Å². The van der Waals surface area contributed by atoms with Gasteiger partial charge < -0.3 is 9.47 Å². The summed E-state index contributed by atoms with van der Waals surface area (Å²) in [6, 6.07) is 0. The monoisotopic (exact) mass is 218 g/mol. The Morgan fingerprint density at radius 1 is 1.44 bits per heavy atom. The van der Waals surface area contributed by atoms with Crippen molar-refractivity contribution in [2.75, 3.05) is 6.54 Å². The van der Waals surface area contributed by atoms with Crippen LogP contribution in [-0.2, 0) is 19.5 Å². The molecule has 0 unspecified atom stereocenters. The van der Waals surface area contributed by atoms with Crippen molar-refractivity contribution < 1.29 is 4.79 Å². The molecule has 1 amide bonds. The highest BCUT2D eigenvalue weighted by atomic mass is 16.2. The number of rotatable bonds is 1. The lowest BCUT2D eigenvalue weighted by molar-refractivity contribution is 0.0785. The van der Waals surface area contributed by atoms with Crippen molar-refractivity contribution in [2.45, 2.75) is 40.3 Å². The minimum absolute atomic E-state index is 0.220. The van der Waals surface area contributed by atoms with E-state index in [4.69, 9.17) is 0 Å². The van der Waals surface area contributed by atoms with Crippen LogP contribution in [0.3, 0.4) is 0 Å². The summed E-state index contributed by atoms with van der Waals surface area (Å²) in [5.74, 6) is 0.220. The SMILES string of the molecule is CCN1Cc2c(cn3c2CC(C)(C)C3)C1=O. The summed E-state index contributed by atoms with van der Waals surface area (Å²) < 4.78 is 2.29. The highest BCUT2D eigenvalue weighted by molar-refractivity contribution is 5.98. The molecule has 2 aliphatic heterocycles. The van der Waals surface area contributed by atoms with Crippen LogP contribution in [0.2, 0.25) is 0 Å². The molecule has 0 saturated heterocycles. The maximum atomic E-state index is 12.0. The van der Waals surface area contributed by atoms with Crippen molar-refractivity contribution in [3.05, 3.63) is 23.0 Å². The van der Waals surface area contributed by atoms with E-state index in [1.54, 1.807) is 0 Å². The van der Waals surface area contributed by atoms with E-state index in [-0.39, 0.29) is 5.91 Å². The Bertz CT molecular complexity index is 471. The van der Waals surface area contributed by atoms with Crippen molar-refractivity contribution in [1.29, 1.82) is 0 Å². The van der Waals surface area contributed by atoms with Crippen LogP contribution < -0.4 is 0 Å². The summed E-state index contributed by atoms with van der Waals surface area (Å²) >= 11 is 0. The maximum Gasteiger partial charge on any atom is 0.256 e. The molecule has 1 aromatic rings. The number of aromatic nitrogens is 1. The number of hydrogen-bond acceptors (Lipinski definition) is 1. The average Bonchev–Trinajstić information content (AvgIpc) is 2.76. The van der Waals surface area contributed by atoms with Gasteiger partial charge in [0.15, 0.2) is 0 Å². The molecule has 1 aromatic heterocycles. The smallest absolute Gasteiger partial charge is 0.256 e. The minimum atomic E-state index is 0.220. The number of carbonyl (C=O) groups excluding carboxylic acids is 1. The van der Waals surface area contributed by atoms with Crippen LogP contribution in [0, 0.1) is 5.41 Å². The van der Waals surface area contributed by atoms with Gasteiger partial charge in [-0.15, -0.1) is 0 Å². The van der Waals surface area contributed by atoms with E-state index in [0.29, 0.717) is 5.41 Å².